The number of nitrogens with zero attached hydrogens (tertiary/aromatic N) is 2. The lowest BCUT2D eigenvalue weighted by atomic mass is 10.1. The third-order valence-corrected chi connectivity index (χ3v) is 4.62. The largest absolute Gasteiger partial charge is 0.497 e. The van der Waals surface area contributed by atoms with Gasteiger partial charge in [-0.05, 0) is 74.7 Å². The van der Waals surface area contributed by atoms with Crippen LogP contribution in [0.3, 0.4) is 0 Å². The van der Waals surface area contributed by atoms with Gasteiger partial charge in [-0.1, -0.05) is 0 Å². The topological polar surface area (TPSA) is 56.5 Å². The molecule has 3 rings (SSSR count). The number of hydrogen-bond acceptors (Lipinski definition) is 4. The van der Waals surface area contributed by atoms with E-state index in [1.165, 1.54) is 11.1 Å². The number of imidazole rings is 1. The maximum atomic E-state index is 10.1. The van der Waals surface area contributed by atoms with E-state index in [1.54, 1.807) is 14.0 Å². The molecule has 0 aliphatic carbocycles. The summed E-state index contributed by atoms with van der Waals surface area (Å²) in [5.41, 5.74) is 4.43. The van der Waals surface area contributed by atoms with Crippen molar-refractivity contribution in [1.29, 1.82) is 0 Å². The number of aliphatic hydroxyl groups excluding tert-OH is 1. The first-order valence-corrected chi connectivity index (χ1v) is 8.92. The number of aromatic nitrogens is 2. The second-order valence-corrected chi connectivity index (χ2v) is 6.60. The molecule has 0 spiro atoms. The monoisotopic (exact) mass is 354 g/mol. The number of benzene rings is 2. The Balaban J connectivity index is 1.71. The van der Waals surface area contributed by atoms with Crippen LogP contribution in [0.25, 0.3) is 11.0 Å². The molecular weight excluding hydrogens is 328 g/mol. The van der Waals surface area contributed by atoms with Gasteiger partial charge in [0.05, 0.1) is 24.8 Å². The van der Waals surface area contributed by atoms with Gasteiger partial charge in [-0.25, -0.2) is 4.98 Å². The minimum atomic E-state index is -0.606. The van der Waals surface area contributed by atoms with Gasteiger partial charge in [0.15, 0.2) is 0 Å². The first kappa shape index (κ1) is 18.3. The fourth-order valence-corrected chi connectivity index (χ4v) is 3.04. The van der Waals surface area contributed by atoms with Gasteiger partial charge in [-0.3, -0.25) is 0 Å². The van der Waals surface area contributed by atoms with E-state index in [1.807, 2.05) is 24.3 Å². The molecule has 2 aromatic carbocycles. The van der Waals surface area contributed by atoms with Crippen LogP contribution >= 0.6 is 0 Å². The molecule has 0 amide bonds. The summed E-state index contributed by atoms with van der Waals surface area (Å²) in [4.78, 5) is 4.63. The average molecular weight is 354 g/mol. The molecule has 0 aliphatic rings. The lowest BCUT2D eigenvalue weighted by Gasteiger charge is -2.12. The lowest BCUT2D eigenvalue weighted by molar-refractivity contribution is 0.183. The molecule has 138 valence electrons. The van der Waals surface area contributed by atoms with E-state index in [0.717, 1.165) is 35.5 Å². The molecule has 0 radical (unpaired) electrons. The Hall–Kier alpha value is -2.53. The minimum Gasteiger partial charge on any atom is -0.497 e. The van der Waals surface area contributed by atoms with Crippen molar-refractivity contribution in [1.82, 2.24) is 9.55 Å². The number of hydrogen-bond donors (Lipinski definition) is 1. The smallest absolute Gasteiger partial charge is 0.138 e. The van der Waals surface area contributed by atoms with Crippen LogP contribution < -0.4 is 9.47 Å². The molecule has 1 aromatic heterocycles. The molecular formula is C21H26N2O3. The standard InChI is InChI=1S/C21H26N2O3/c1-14-12-19-20(13-15(14)2)23(21(22-19)16(3)24)10-5-11-26-18-8-6-17(25-4)7-9-18/h6-9,12-13,16,24H,5,10-11H2,1-4H3. The van der Waals surface area contributed by atoms with E-state index >= 15 is 0 Å². The highest BCUT2D eigenvalue weighted by atomic mass is 16.5. The number of methoxy groups -OCH3 is 1. The Morgan fingerprint density at radius 1 is 1.08 bits per heavy atom. The summed E-state index contributed by atoms with van der Waals surface area (Å²) in [5.74, 6) is 2.34. The highest BCUT2D eigenvalue weighted by Crippen LogP contribution is 2.24. The molecule has 1 atom stereocenters. The minimum absolute atomic E-state index is 0.593. The van der Waals surface area contributed by atoms with Crippen molar-refractivity contribution in [3.8, 4) is 11.5 Å². The zero-order valence-electron chi connectivity index (χ0n) is 15.8. The predicted molar refractivity (Wildman–Crippen MR) is 103 cm³/mol. The average Bonchev–Trinajstić information content (AvgIpc) is 2.97. The summed E-state index contributed by atoms with van der Waals surface area (Å²) in [6.07, 6.45) is 0.218. The van der Waals surface area contributed by atoms with Crippen LogP contribution in [0.4, 0.5) is 0 Å². The van der Waals surface area contributed by atoms with Gasteiger partial charge in [0.25, 0.3) is 0 Å². The van der Waals surface area contributed by atoms with Gasteiger partial charge in [0.1, 0.15) is 23.4 Å². The van der Waals surface area contributed by atoms with E-state index in [0.29, 0.717) is 12.4 Å². The zero-order chi connectivity index (χ0) is 18.7. The third kappa shape index (κ3) is 3.83. The molecule has 1 unspecified atom stereocenters. The van der Waals surface area contributed by atoms with Crippen LogP contribution in [0.5, 0.6) is 11.5 Å². The maximum absolute atomic E-state index is 10.1. The van der Waals surface area contributed by atoms with Gasteiger partial charge in [-0.15, -0.1) is 0 Å². The summed E-state index contributed by atoms with van der Waals surface area (Å²) in [5, 5.41) is 10.1. The molecule has 0 saturated heterocycles. The highest BCUT2D eigenvalue weighted by Gasteiger charge is 2.15. The van der Waals surface area contributed by atoms with Crippen molar-refractivity contribution in [2.24, 2.45) is 0 Å². The molecule has 1 heterocycles. The molecule has 0 fully saturated rings. The Kier molecular flexibility index (Phi) is 5.47. The van der Waals surface area contributed by atoms with Gasteiger partial charge < -0.3 is 19.1 Å². The number of ether oxygens (including phenoxy) is 2. The van der Waals surface area contributed by atoms with E-state index in [4.69, 9.17) is 9.47 Å². The van der Waals surface area contributed by atoms with Crippen LogP contribution in [-0.4, -0.2) is 28.4 Å². The molecule has 0 saturated carbocycles. The second kappa shape index (κ2) is 7.79. The van der Waals surface area contributed by atoms with Crippen LogP contribution in [0.2, 0.25) is 0 Å². The summed E-state index contributed by atoms with van der Waals surface area (Å²) in [6, 6.07) is 11.8. The van der Waals surface area contributed by atoms with E-state index in [9.17, 15) is 5.11 Å². The first-order chi connectivity index (χ1) is 12.5. The maximum Gasteiger partial charge on any atom is 0.138 e. The lowest BCUT2D eigenvalue weighted by Crippen LogP contribution is -2.10. The summed E-state index contributed by atoms with van der Waals surface area (Å²) in [7, 11) is 1.65. The molecule has 5 nitrogen and oxygen atoms in total. The molecule has 0 aliphatic heterocycles. The van der Waals surface area contributed by atoms with Crippen molar-refractivity contribution in [3.63, 3.8) is 0 Å². The quantitative estimate of drug-likeness (QED) is 0.647. The van der Waals surface area contributed by atoms with Crippen LogP contribution in [0.1, 0.15) is 36.4 Å². The van der Waals surface area contributed by atoms with E-state index in [-0.39, 0.29) is 0 Å². The van der Waals surface area contributed by atoms with Crippen molar-refractivity contribution >= 4 is 11.0 Å². The fraction of sp³-hybridized carbons (Fsp3) is 0.381. The van der Waals surface area contributed by atoms with Gasteiger partial charge in [0.2, 0.25) is 0 Å². The van der Waals surface area contributed by atoms with E-state index in [2.05, 4.69) is 35.5 Å². The van der Waals surface area contributed by atoms with Gasteiger partial charge in [0, 0.05) is 6.54 Å². The van der Waals surface area contributed by atoms with Crippen molar-refractivity contribution < 1.29 is 14.6 Å². The molecule has 0 bridgehead atoms. The zero-order valence-corrected chi connectivity index (χ0v) is 15.8. The van der Waals surface area contributed by atoms with Gasteiger partial charge >= 0.3 is 0 Å². The van der Waals surface area contributed by atoms with Crippen LogP contribution in [-0.2, 0) is 6.54 Å². The summed E-state index contributed by atoms with van der Waals surface area (Å²) < 4.78 is 13.1. The van der Waals surface area contributed by atoms with Gasteiger partial charge in [-0.2, -0.15) is 0 Å². The Morgan fingerprint density at radius 2 is 1.73 bits per heavy atom. The molecule has 1 N–H and O–H groups in total. The molecule has 5 heteroatoms. The van der Waals surface area contributed by atoms with E-state index < -0.39 is 6.10 Å². The van der Waals surface area contributed by atoms with Crippen LogP contribution in [0, 0.1) is 13.8 Å². The second-order valence-electron chi connectivity index (χ2n) is 6.60. The van der Waals surface area contributed by atoms with Crippen molar-refractivity contribution in [3.05, 3.63) is 53.3 Å². The number of fused-ring (bicyclic) bond motifs is 1. The fourth-order valence-electron chi connectivity index (χ4n) is 3.04. The Morgan fingerprint density at radius 3 is 2.38 bits per heavy atom. The Bertz CT molecular complexity index is 882. The van der Waals surface area contributed by atoms with Crippen molar-refractivity contribution in [2.75, 3.05) is 13.7 Å². The third-order valence-electron chi connectivity index (χ3n) is 4.62. The SMILES string of the molecule is COc1ccc(OCCCn2c(C(C)O)nc3cc(C)c(C)cc32)cc1. The van der Waals surface area contributed by atoms with Crippen molar-refractivity contribution in [2.45, 2.75) is 39.8 Å². The normalized spacial score (nSPS) is 12.3. The molecule has 3 aromatic rings. The number of aliphatic hydroxyl groups is 1. The number of rotatable bonds is 7. The highest BCUT2D eigenvalue weighted by molar-refractivity contribution is 5.78. The number of aryl methyl sites for hydroxylation is 3. The first-order valence-electron chi connectivity index (χ1n) is 8.92. The molecule has 26 heavy (non-hydrogen) atoms. The predicted octanol–water partition coefficient (Wildman–Crippen LogP) is 4.18. The Labute approximate surface area is 154 Å². The summed E-state index contributed by atoms with van der Waals surface area (Å²) >= 11 is 0. The van der Waals surface area contributed by atoms with Crippen LogP contribution in [0.15, 0.2) is 36.4 Å². The summed E-state index contributed by atoms with van der Waals surface area (Å²) in [6.45, 7) is 7.27.